The molecular weight excluding hydrogens is 338 g/mol. The molecule has 140 valence electrons. The Bertz CT molecular complexity index is 860. The van der Waals surface area contributed by atoms with Crippen LogP contribution in [-0.2, 0) is 6.61 Å². The molecule has 0 unspecified atom stereocenters. The summed E-state index contributed by atoms with van der Waals surface area (Å²) in [6, 6.07) is 13.5. The molecule has 1 fully saturated rings. The van der Waals surface area contributed by atoms with Crippen LogP contribution >= 0.6 is 0 Å². The first-order valence-electron chi connectivity index (χ1n) is 9.74. The molecule has 5 heteroatoms. The summed E-state index contributed by atoms with van der Waals surface area (Å²) in [5.74, 6) is 0.742. The first-order valence-corrected chi connectivity index (χ1v) is 9.74. The number of carbonyl (C=O) groups excluding carboxylic acids is 1. The fourth-order valence-corrected chi connectivity index (χ4v) is 3.61. The summed E-state index contributed by atoms with van der Waals surface area (Å²) in [5, 5.41) is 3.17. The van der Waals surface area contributed by atoms with E-state index in [0.717, 1.165) is 29.9 Å². The number of hydrogen-bond acceptors (Lipinski definition) is 3. The van der Waals surface area contributed by atoms with Crippen molar-refractivity contribution in [1.82, 2.24) is 14.7 Å². The van der Waals surface area contributed by atoms with Crippen molar-refractivity contribution >= 4 is 11.6 Å². The highest BCUT2D eigenvalue weighted by Crippen LogP contribution is 2.19. The summed E-state index contributed by atoms with van der Waals surface area (Å²) < 4.78 is 7.79. The third-order valence-electron chi connectivity index (χ3n) is 5.11. The molecular formula is C22H25N3O2. The quantitative estimate of drug-likeness (QED) is 0.685. The molecule has 5 nitrogen and oxygen atoms in total. The van der Waals surface area contributed by atoms with Crippen molar-refractivity contribution in [1.29, 1.82) is 0 Å². The minimum Gasteiger partial charge on any atom is -0.487 e. The van der Waals surface area contributed by atoms with Crippen molar-refractivity contribution in [2.24, 2.45) is 0 Å². The van der Waals surface area contributed by atoms with Crippen LogP contribution in [0.1, 0.15) is 54.6 Å². The number of nitrogens with zero attached hydrogens (tertiary/aromatic N) is 2. The number of aromatic nitrogens is 2. The van der Waals surface area contributed by atoms with Crippen LogP contribution in [0.2, 0.25) is 0 Å². The van der Waals surface area contributed by atoms with Crippen molar-refractivity contribution in [3.63, 3.8) is 0 Å². The van der Waals surface area contributed by atoms with E-state index < -0.39 is 0 Å². The molecule has 3 aromatic rings. The van der Waals surface area contributed by atoms with Crippen molar-refractivity contribution in [2.75, 3.05) is 0 Å². The molecule has 0 spiro atoms. The standard InChI is InChI=1S/C22H25N3O2/c26-22(24-18-7-3-1-2-4-8-18)17-10-12-20(13-11-17)27-16-19-15-25-14-6-5-9-21(25)23-19/h5-6,9-15,18H,1-4,7-8,16H2,(H,24,26). The van der Waals surface area contributed by atoms with Crippen LogP contribution in [0.4, 0.5) is 0 Å². The minimum absolute atomic E-state index is 0.00815. The molecule has 27 heavy (non-hydrogen) atoms. The molecule has 2 heterocycles. The summed E-state index contributed by atoms with van der Waals surface area (Å²) in [5.41, 5.74) is 2.46. The molecule has 1 aromatic carbocycles. The highest BCUT2D eigenvalue weighted by molar-refractivity contribution is 5.94. The molecule has 1 amide bonds. The van der Waals surface area contributed by atoms with Gasteiger partial charge in [-0.1, -0.05) is 31.7 Å². The highest BCUT2D eigenvalue weighted by atomic mass is 16.5. The third kappa shape index (κ3) is 4.48. The van der Waals surface area contributed by atoms with Crippen LogP contribution in [-0.4, -0.2) is 21.3 Å². The van der Waals surface area contributed by atoms with Crippen molar-refractivity contribution in [3.05, 3.63) is 66.1 Å². The number of amides is 1. The maximum atomic E-state index is 12.5. The molecule has 2 aromatic heterocycles. The fourth-order valence-electron chi connectivity index (χ4n) is 3.61. The Morgan fingerprint density at radius 2 is 1.85 bits per heavy atom. The van der Waals surface area contributed by atoms with Crippen molar-refractivity contribution in [2.45, 2.75) is 51.2 Å². The SMILES string of the molecule is O=C(NC1CCCCCC1)c1ccc(OCc2cn3ccccc3n2)cc1. The zero-order valence-electron chi connectivity index (χ0n) is 15.4. The highest BCUT2D eigenvalue weighted by Gasteiger charge is 2.15. The second-order valence-corrected chi connectivity index (χ2v) is 7.17. The van der Waals surface area contributed by atoms with Gasteiger partial charge in [-0.3, -0.25) is 4.79 Å². The van der Waals surface area contributed by atoms with Gasteiger partial charge >= 0.3 is 0 Å². The maximum Gasteiger partial charge on any atom is 0.251 e. The predicted molar refractivity (Wildman–Crippen MR) is 105 cm³/mol. The lowest BCUT2D eigenvalue weighted by Gasteiger charge is -2.16. The largest absolute Gasteiger partial charge is 0.487 e. The van der Waals surface area contributed by atoms with E-state index in [1.54, 1.807) is 0 Å². The zero-order valence-corrected chi connectivity index (χ0v) is 15.4. The van der Waals surface area contributed by atoms with E-state index in [-0.39, 0.29) is 5.91 Å². The summed E-state index contributed by atoms with van der Waals surface area (Å²) in [4.78, 5) is 17.0. The van der Waals surface area contributed by atoms with E-state index in [9.17, 15) is 4.79 Å². The normalized spacial score (nSPS) is 15.4. The number of fused-ring (bicyclic) bond motifs is 1. The van der Waals surface area contributed by atoms with Crippen LogP contribution in [0.25, 0.3) is 5.65 Å². The zero-order chi connectivity index (χ0) is 18.5. The Morgan fingerprint density at radius 1 is 1.07 bits per heavy atom. The van der Waals surface area contributed by atoms with Gasteiger partial charge in [-0.05, 0) is 49.2 Å². The van der Waals surface area contributed by atoms with Gasteiger partial charge in [0.1, 0.15) is 18.0 Å². The van der Waals surface area contributed by atoms with E-state index in [2.05, 4.69) is 10.3 Å². The van der Waals surface area contributed by atoms with Crippen LogP contribution in [0.5, 0.6) is 5.75 Å². The minimum atomic E-state index is 0.00815. The Hall–Kier alpha value is -2.82. The molecule has 0 radical (unpaired) electrons. The van der Waals surface area contributed by atoms with Gasteiger partial charge in [0, 0.05) is 24.0 Å². The number of rotatable bonds is 5. The van der Waals surface area contributed by atoms with E-state index in [4.69, 9.17) is 4.74 Å². The van der Waals surface area contributed by atoms with Gasteiger partial charge in [0.2, 0.25) is 0 Å². The summed E-state index contributed by atoms with van der Waals surface area (Å²) in [6.45, 7) is 0.398. The lowest BCUT2D eigenvalue weighted by molar-refractivity contribution is 0.0933. The number of pyridine rings is 1. The van der Waals surface area contributed by atoms with Gasteiger partial charge in [0.25, 0.3) is 5.91 Å². The Morgan fingerprint density at radius 3 is 2.59 bits per heavy atom. The molecule has 4 rings (SSSR count). The lowest BCUT2D eigenvalue weighted by Crippen LogP contribution is -2.34. The van der Waals surface area contributed by atoms with Gasteiger partial charge in [0.05, 0.1) is 5.69 Å². The maximum absolute atomic E-state index is 12.5. The Balaban J connectivity index is 1.33. The molecule has 0 atom stereocenters. The van der Waals surface area contributed by atoms with Gasteiger partial charge < -0.3 is 14.5 Å². The van der Waals surface area contributed by atoms with Crippen molar-refractivity contribution < 1.29 is 9.53 Å². The summed E-state index contributed by atoms with van der Waals surface area (Å²) in [6.07, 6.45) is 11.1. The average molecular weight is 363 g/mol. The number of carbonyl (C=O) groups is 1. The van der Waals surface area contributed by atoms with Crippen LogP contribution in [0.15, 0.2) is 54.9 Å². The van der Waals surface area contributed by atoms with Gasteiger partial charge in [-0.25, -0.2) is 4.98 Å². The summed E-state index contributed by atoms with van der Waals surface area (Å²) >= 11 is 0. The second-order valence-electron chi connectivity index (χ2n) is 7.17. The summed E-state index contributed by atoms with van der Waals surface area (Å²) in [7, 11) is 0. The fraction of sp³-hybridized carbons (Fsp3) is 0.364. The van der Waals surface area contributed by atoms with E-state index in [1.807, 2.05) is 59.3 Å². The van der Waals surface area contributed by atoms with E-state index in [0.29, 0.717) is 18.2 Å². The van der Waals surface area contributed by atoms with E-state index >= 15 is 0 Å². The average Bonchev–Trinajstić information content (AvgIpc) is 2.95. The lowest BCUT2D eigenvalue weighted by atomic mass is 10.1. The number of nitrogens with one attached hydrogen (secondary N) is 1. The molecule has 1 saturated carbocycles. The second kappa shape index (κ2) is 8.25. The smallest absolute Gasteiger partial charge is 0.251 e. The number of hydrogen-bond donors (Lipinski definition) is 1. The molecule has 1 N–H and O–H groups in total. The number of imidazole rings is 1. The first-order chi connectivity index (χ1) is 13.3. The third-order valence-corrected chi connectivity index (χ3v) is 5.11. The van der Waals surface area contributed by atoms with Crippen molar-refractivity contribution in [3.8, 4) is 5.75 Å². The predicted octanol–water partition coefficient (Wildman–Crippen LogP) is 4.37. The number of ether oxygens (including phenoxy) is 1. The van der Waals surface area contributed by atoms with Crippen LogP contribution in [0.3, 0.4) is 0 Å². The molecule has 0 aliphatic heterocycles. The monoisotopic (exact) mass is 363 g/mol. The topological polar surface area (TPSA) is 55.6 Å². The molecule has 1 aliphatic rings. The van der Waals surface area contributed by atoms with Crippen LogP contribution < -0.4 is 10.1 Å². The molecule has 0 bridgehead atoms. The van der Waals surface area contributed by atoms with Gasteiger partial charge in [-0.2, -0.15) is 0 Å². The van der Waals surface area contributed by atoms with Crippen LogP contribution in [0, 0.1) is 0 Å². The molecule has 0 saturated heterocycles. The first kappa shape index (κ1) is 17.6. The van der Waals surface area contributed by atoms with Gasteiger partial charge in [-0.15, -0.1) is 0 Å². The molecule has 1 aliphatic carbocycles. The number of benzene rings is 1. The van der Waals surface area contributed by atoms with Gasteiger partial charge in [0.15, 0.2) is 0 Å². The van der Waals surface area contributed by atoms with E-state index in [1.165, 1.54) is 25.7 Å². The Labute approximate surface area is 159 Å². The Kier molecular flexibility index (Phi) is 5.37.